The molecule has 0 aliphatic carbocycles. The molecule has 3 rings (SSSR count). The van der Waals surface area contributed by atoms with Gasteiger partial charge in [0.2, 0.25) is 0 Å². The Hall–Kier alpha value is -2.66. The summed E-state index contributed by atoms with van der Waals surface area (Å²) < 4.78 is 18.6. The summed E-state index contributed by atoms with van der Waals surface area (Å²) in [4.78, 5) is 21.1. The van der Waals surface area contributed by atoms with Crippen molar-refractivity contribution in [3.05, 3.63) is 75.5 Å². The van der Waals surface area contributed by atoms with Crippen molar-refractivity contribution in [3.63, 3.8) is 0 Å². The second kappa shape index (κ2) is 9.00. The molecule has 6 nitrogen and oxygen atoms in total. The van der Waals surface area contributed by atoms with E-state index in [9.17, 15) is 9.00 Å². The Kier molecular flexibility index (Phi) is 6.61. The highest BCUT2D eigenvalue weighted by atomic mass is 35.5. The van der Waals surface area contributed by atoms with E-state index in [1.807, 2.05) is 19.9 Å². The third kappa shape index (κ3) is 5.28. The van der Waals surface area contributed by atoms with Crippen molar-refractivity contribution in [1.29, 1.82) is 0 Å². The number of carbonyl (C=O) groups is 1. The topological polar surface area (TPSA) is 77.2 Å². The van der Waals surface area contributed by atoms with Gasteiger partial charge in [-0.3, -0.25) is 9.78 Å². The van der Waals surface area contributed by atoms with E-state index in [-0.39, 0.29) is 17.3 Å². The van der Waals surface area contributed by atoms with Crippen molar-refractivity contribution in [2.24, 2.45) is 4.36 Å². The fourth-order valence-corrected chi connectivity index (χ4v) is 4.36. The van der Waals surface area contributed by atoms with Crippen LogP contribution in [-0.4, -0.2) is 30.9 Å². The number of carbonyl (C=O) groups excluding carboxylic acids is 1. The molecular weight excluding hydrogens is 443 g/mol. The zero-order chi connectivity index (χ0) is 21.9. The molecule has 0 aliphatic heterocycles. The van der Waals surface area contributed by atoms with Crippen LogP contribution in [0.25, 0.3) is 0 Å². The van der Waals surface area contributed by atoms with Crippen LogP contribution in [0.4, 0.5) is 0 Å². The number of aryl methyl sites for hydroxylation is 2. The number of nitrogens with zero attached hydrogens (tertiary/aromatic N) is 4. The van der Waals surface area contributed by atoms with E-state index in [2.05, 4.69) is 26.2 Å². The molecule has 2 aromatic heterocycles. The van der Waals surface area contributed by atoms with Crippen LogP contribution >= 0.6 is 23.2 Å². The maximum Gasteiger partial charge on any atom is 0.286 e. The molecule has 3 aromatic rings. The number of benzene rings is 1. The summed E-state index contributed by atoms with van der Waals surface area (Å²) >= 11 is 11.8. The Morgan fingerprint density at radius 3 is 2.50 bits per heavy atom. The Morgan fingerprint density at radius 2 is 1.87 bits per heavy atom. The molecule has 0 fully saturated rings. The Morgan fingerprint density at radius 1 is 1.17 bits per heavy atom. The van der Waals surface area contributed by atoms with Crippen molar-refractivity contribution in [1.82, 2.24) is 14.5 Å². The van der Waals surface area contributed by atoms with Crippen LogP contribution in [-0.2, 0) is 16.3 Å². The molecule has 0 saturated heterocycles. The molecule has 154 valence electrons. The van der Waals surface area contributed by atoms with Crippen LogP contribution in [0.1, 0.15) is 27.0 Å². The van der Waals surface area contributed by atoms with Crippen molar-refractivity contribution < 1.29 is 9.00 Å². The lowest BCUT2D eigenvalue weighted by Gasteiger charge is -2.07. The first-order valence-electron chi connectivity index (χ1n) is 8.80. The summed E-state index contributed by atoms with van der Waals surface area (Å²) in [6, 6.07) is 7.09. The number of halogens is 2. The van der Waals surface area contributed by atoms with Gasteiger partial charge >= 0.3 is 0 Å². The van der Waals surface area contributed by atoms with E-state index in [4.69, 9.17) is 23.2 Å². The number of rotatable bonds is 3. The number of pyridine rings is 1. The molecule has 0 radical (unpaired) electrons. The fraction of sp³-hybridized carbons (Fsp3) is 0.190. The van der Waals surface area contributed by atoms with E-state index in [0.717, 1.165) is 11.1 Å². The molecule has 1 amide bonds. The summed E-state index contributed by atoms with van der Waals surface area (Å²) in [6.45, 7) is 4.09. The number of amides is 1. The van der Waals surface area contributed by atoms with Gasteiger partial charge in [-0.2, -0.15) is 4.36 Å². The summed E-state index contributed by atoms with van der Waals surface area (Å²) in [5, 5.41) is 0.511. The quantitative estimate of drug-likeness (QED) is 0.537. The van der Waals surface area contributed by atoms with Crippen LogP contribution in [0.2, 0.25) is 10.3 Å². The zero-order valence-corrected chi connectivity index (χ0v) is 18.8. The highest BCUT2D eigenvalue weighted by Crippen LogP contribution is 2.19. The van der Waals surface area contributed by atoms with Gasteiger partial charge in [0.1, 0.15) is 5.15 Å². The average Bonchev–Trinajstić information content (AvgIpc) is 2.99. The van der Waals surface area contributed by atoms with Crippen molar-refractivity contribution in [2.75, 3.05) is 6.26 Å². The first kappa shape index (κ1) is 22.0. The van der Waals surface area contributed by atoms with Gasteiger partial charge in [0.15, 0.2) is 5.15 Å². The second-order valence-corrected chi connectivity index (χ2v) is 9.72. The SMILES string of the molecule is Cc1cc(C)cc(S(C)(=O)=NC(=O)c2cncc(C#CCn3cnc(Cl)c3Cl)c2)c1. The maximum atomic E-state index is 13.1. The predicted octanol–water partition coefficient (Wildman–Crippen LogP) is 4.55. The molecular formula is C21H18Cl2N4O2S. The highest BCUT2D eigenvalue weighted by Gasteiger charge is 2.13. The van der Waals surface area contributed by atoms with Crippen molar-refractivity contribution in [3.8, 4) is 11.8 Å². The minimum atomic E-state index is -2.90. The van der Waals surface area contributed by atoms with Gasteiger partial charge in [-0.05, 0) is 43.2 Å². The van der Waals surface area contributed by atoms with Crippen molar-refractivity contribution in [2.45, 2.75) is 25.3 Å². The Bertz CT molecular complexity index is 1290. The van der Waals surface area contributed by atoms with Gasteiger partial charge in [0.05, 0.1) is 28.2 Å². The lowest BCUT2D eigenvalue weighted by Crippen LogP contribution is -2.05. The minimum Gasteiger partial charge on any atom is -0.309 e. The van der Waals surface area contributed by atoms with Gasteiger partial charge in [0.25, 0.3) is 5.91 Å². The summed E-state index contributed by atoms with van der Waals surface area (Å²) in [5.41, 5.74) is 2.65. The molecule has 2 heterocycles. The van der Waals surface area contributed by atoms with E-state index < -0.39 is 15.6 Å². The second-order valence-electron chi connectivity index (χ2n) is 6.74. The molecule has 0 saturated carbocycles. The molecule has 30 heavy (non-hydrogen) atoms. The third-order valence-electron chi connectivity index (χ3n) is 4.09. The summed E-state index contributed by atoms with van der Waals surface area (Å²) in [6.07, 6.45) is 5.84. The molecule has 1 aromatic carbocycles. The highest BCUT2D eigenvalue weighted by molar-refractivity contribution is 7.93. The molecule has 0 bridgehead atoms. The largest absolute Gasteiger partial charge is 0.309 e. The lowest BCUT2D eigenvalue weighted by molar-refractivity contribution is 0.100. The smallest absolute Gasteiger partial charge is 0.286 e. The Balaban J connectivity index is 1.84. The van der Waals surface area contributed by atoms with E-state index in [1.54, 1.807) is 22.8 Å². The van der Waals surface area contributed by atoms with Crippen LogP contribution in [0, 0.1) is 25.7 Å². The van der Waals surface area contributed by atoms with E-state index in [0.29, 0.717) is 15.6 Å². The number of aromatic nitrogens is 3. The average molecular weight is 461 g/mol. The number of hydrogen-bond donors (Lipinski definition) is 0. The molecule has 0 N–H and O–H groups in total. The van der Waals surface area contributed by atoms with Gasteiger partial charge in [-0.15, -0.1) is 0 Å². The molecule has 0 aliphatic rings. The summed E-state index contributed by atoms with van der Waals surface area (Å²) in [7, 11) is -2.90. The van der Waals surface area contributed by atoms with Gasteiger partial charge in [-0.1, -0.05) is 41.1 Å². The molecule has 0 spiro atoms. The third-order valence-corrected chi connectivity index (χ3v) is 6.48. The zero-order valence-electron chi connectivity index (χ0n) is 16.5. The van der Waals surface area contributed by atoms with Crippen LogP contribution in [0.3, 0.4) is 0 Å². The standard InChI is InChI=1S/C21H18Cl2N4O2S/c1-14-7-15(2)9-18(8-14)30(3,29)26-21(28)17-10-16(11-24-12-17)5-4-6-27-13-25-19(22)20(27)23/h7-13H,6H2,1-3H3. The lowest BCUT2D eigenvalue weighted by atomic mass is 10.2. The van der Waals surface area contributed by atoms with Crippen LogP contribution in [0.5, 0.6) is 0 Å². The van der Waals surface area contributed by atoms with Crippen LogP contribution < -0.4 is 0 Å². The van der Waals surface area contributed by atoms with Crippen molar-refractivity contribution >= 4 is 38.8 Å². The van der Waals surface area contributed by atoms with E-state index >= 15 is 0 Å². The minimum absolute atomic E-state index is 0.210. The maximum absolute atomic E-state index is 13.1. The normalized spacial score (nSPS) is 12.6. The molecule has 9 heteroatoms. The number of hydrogen-bond acceptors (Lipinski definition) is 4. The van der Waals surface area contributed by atoms with Gasteiger partial charge in [0, 0.05) is 29.1 Å². The number of imidazole rings is 1. The monoisotopic (exact) mass is 460 g/mol. The first-order chi connectivity index (χ1) is 14.2. The Labute approximate surface area is 185 Å². The van der Waals surface area contributed by atoms with Crippen LogP contribution in [0.15, 0.2) is 52.2 Å². The van der Waals surface area contributed by atoms with Gasteiger partial charge in [-0.25, -0.2) is 9.19 Å². The predicted molar refractivity (Wildman–Crippen MR) is 118 cm³/mol. The molecule has 1 atom stereocenters. The van der Waals surface area contributed by atoms with Gasteiger partial charge < -0.3 is 4.57 Å². The summed E-state index contributed by atoms with van der Waals surface area (Å²) in [5.74, 6) is 5.21. The van der Waals surface area contributed by atoms with E-state index in [1.165, 1.54) is 25.0 Å². The molecule has 1 unspecified atom stereocenters. The first-order valence-corrected chi connectivity index (χ1v) is 11.5. The fourth-order valence-electron chi connectivity index (χ4n) is 2.72.